The van der Waals surface area contributed by atoms with E-state index in [2.05, 4.69) is 25.9 Å². The second-order valence-electron chi connectivity index (χ2n) is 12.2. The van der Waals surface area contributed by atoms with Gasteiger partial charge in [0.25, 0.3) is 11.8 Å². The minimum atomic E-state index is -0.765. The summed E-state index contributed by atoms with van der Waals surface area (Å²) in [5, 5.41) is 12.9. The first kappa shape index (κ1) is 31.8. The van der Waals surface area contributed by atoms with Crippen molar-refractivity contribution < 1.29 is 28.4 Å². The van der Waals surface area contributed by atoms with E-state index in [1.165, 1.54) is 33.8 Å². The van der Waals surface area contributed by atoms with Crippen LogP contribution in [0.1, 0.15) is 96.0 Å². The van der Waals surface area contributed by atoms with Gasteiger partial charge in [0.2, 0.25) is 23.6 Å². The van der Waals surface area contributed by atoms with Crippen molar-refractivity contribution in [2.24, 2.45) is 5.92 Å². The number of hydrogen-bond donors (Lipinski definition) is 3. The van der Waals surface area contributed by atoms with Crippen LogP contribution in [0.5, 0.6) is 0 Å². The first-order chi connectivity index (χ1) is 22.1. The van der Waals surface area contributed by atoms with Crippen molar-refractivity contribution in [2.75, 3.05) is 19.6 Å². The molecule has 6 bridgehead atoms. The van der Waals surface area contributed by atoms with Gasteiger partial charge >= 0.3 is 0 Å². The zero-order chi connectivity index (χ0) is 32.5. The largest absolute Gasteiger partial charge is 0.442 e. The Morgan fingerprint density at radius 2 is 1.59 bits per heavy atom. The highest BCUT2D eigenvalue weighted by molar-refractivity contribution is 7.10. The van der Waals surface area contributed by atoms with Crippen molar-refractivity contribution in [1.29, 1.82) is 0 Å². The highest BCUT2D eigenvalue weighted by Crippen LogP contribution is 2.36. The third-order valence-corrected chi connectivity index (χ3v) is 10.3. The maximum atomic E-state index is 14.0. The number of nitrogens with one attached hydrogen (secondary N) is 3. The monoisotopic (exact) mass is 668 g/mol. The second kappa shape index (κ2) is 13.3. The Kier molecular flexibility index (Phi) is 9.18. The van der Waals surface area contributed by atoms with Crippen LogP contribution in [0.25, 0.3) is 11.6 Å². The highest BCUT2D eigenvalue weighted by atomic mass is 32.1. The number of hydrogen-bond acceptors (Lipinski definition) is 11. The molecule has 0 spiro atoms. The Balaban J connectivity index is 1.31. The molecule has 4 atom stereocenters. The van der Waals surface area contributed by atoms with Crippen molar-refractivity contribution in [2.45, 2.75) is 77.0 Å². The van der Waals surface area contributed by atoms with E-state index in [0.29, 0.717) is 54.5 Å². The van der Waals surface area contributed by atoms with E-state index in [1.807, 2.05) is 13.8 Å². The van der Waals surface area contributed by atoms with Gasteiger partial charge in [-0.3, -0.25) is 24.0 Å². The molecule has 3 aromatic heterocycles. The summed E-state index contributed by atoms with van der Waals surface area (Å²) >= 11 is 2.60. The maximum Gasteiger partial charge on any atom is 0.276 e. The molecule has 16 heteroatoms. The van der Waals surface area contributed by atoms with Gasteiger partial charge < -0.3 is 30.2 Å². The quantitative estimate of drug-likeness (QED) is 0.370. The molecule has 6 rings (SSSR count). The van der Waals surface area contributed by atoms with Crippen LogP contribution in [0.15, 0.2) is 21.4 Å². The van der Waals surface area contributed by atoms with E-state index >= 15 is 0 Å². The molecule has 3 aromatic rings. The standard InChI is InChI=1S/C30H36N8O6S2/c1-15(2)10-17-29(42)38-9-5-7-22(38)28-36-20(14-46-28)26-34-18(12-44-26)30(43)37-8-4-6-21(37)25(41)31-11-23(39)32-16(3)27-35-19(13-45-27)24(40)33-17/h12-17,21-22H,4-11H2,1-3H3,(H,31,41)(H,32,39)(H,33,40)/t16-,17-,21-,22-/m0/s1. The predicted molar refractivity (Wildman–Crippen MR) is 168 cm³/mol. The van der Waals surface area contributed by atoms with E-state index in [4.69, 9.17) is 9.40 Å². The zero-order valence-corrected chi connectivity index (χ0v) is 27.4. The summed E-state index contributed by atoms with van der Waals surface area (Å²) in [6, 6.07) is -2.33. The van der Waals surface area contributed by atoms with Crippen LogP contribution in [-0.2, 0) is 14.4 Å². The summed E-state index contributed by atoms with van der Waals surface area (Å²) in [5.41, 5.74) is 0.650. The first-order valence-corrected chi connectivity index (χ1v) is 17.2. The van der Waals surface area contributed by atoms with Gasteiger partial charge in [-0.15, -0.1) is 22.7 Å². The SMILES string of the molecule is CC(C)C[C@@H]1NC(=O)c2csc(n2)[C@H](C)NC(=O)CNC(=O)[C@@H]2CCCN2C(=O)c2coc(n2)-c2csc(n2)[C@@H]2CCCN2C1=O. The lowest BCUT2D eigenvalue weighted by atomic mass is 10.0. The average Bonchev–Trinajstić information content (AvgIpc) is 3.86. The van der Waals surface area contributed by atoms with Gasteiger partial charge in [0, 0.05) is 23.8 Å². The van der Waals surface area contributed by atoms with Gasteiger partial charge in [-0.25, -0.2) is 15.0 Å². The van der Waals surface area contributed by atoms with Crippen LogP contribution in [0.2, 0.25) is 0 Å². The number of oxazole rings is 1. The fourth-order valence-electron chi connectivity index (χ4n) is 6.10. The molecule has 14 nitrogen and oxygen atoms in total. The molecule has 0 radical (unpaired) electrons. The minimum absolute atomic E-state index is 0.0537. The van der Waals surface area contributed by atoms with Crippen LogP contribution >= 0.6 is 22.7 Å². The van der Waals surface area contributed by atoms with Crippen LogP contribution < -0.4 is 16.0 Å². The Bertz CT molecular complexity index is 1650. The fraction of sp³-hybridized carbons (Fsp3) is 0.533. The highest BCUT2D eigenvalue weighted by Gasteiger charge is 2.38. The summed E-state index contributed by atoms with van der Waals surface area (Å²) in [7, 11) is 0. The number of nitrogens with zero attached hydrogens (tertiary/aromatic N) is 5. The van der Waals surface area contributed by atoms with Gasteiger partial charge in [-0.05, 0) is 44.9 Å². The van der Waals surface area contributed by atoms with Crippen LogP contribution in [0, 0.1) is 5.92 Å². The Morgan fingerprint density at radius 3 is 2.37 bits per heavy atom. The summed E-state index contributed by atoms with van der Waals surface area (Å²) in [5.74, 6) is -1.68. The van der Waals surface area contributed by atoms with E-state index in [0.717, 1.165) is 6.42 Å². The van der Waals surface area contributed by atoms with Crippen molar-refractivity contribution in [1.82, 2.24) is 40.7 Å². The number of fused-ring (bicyclic) bond motifs is 10. The third-order valence-electron chi connectivity index (χ3n) is 8.34. The Labute approximate surface area is 273 Å². The molecule has 3 N–H and O–H groups in total. The average molecular weight is 669 g/mol. The van der Waals surface area contributed by atoms with Gasteiger partial charge in [-0.2, -0.15) is 0 Å². The number of aromatic nitrogens is 3. The normalized spacial score (nSPS) is 24.7. The van der Waals surface area contributed by atoms with E-state index in [-0.39, 0.29) is 41.7 Å². The van der Waals surface area contributed by atoms with Gasteiger partial charge in [0.05, 0.1) is 18.6 Å². The lowest BCUT2D eigenvalue weighted by Gasteiger charge is -2.29. The van der Waals surface area contributed by atoms with Gasteiger partial charge in [0.1, 0.15) is 39.7 Å². The summed E-state index contributed by atoms with van der Waals surface area (Å²) in [6.45, 7) is 6.32. The molecular weight excluding hydrogens is 633 g/mol. The molecule has 0 saturated carbocycles. The van der Waals surface area contributed by atoms with Crippen molar-refractivity contribution in [3.05, 3.63) is 38.4 Å². The Hall–Kier alpha value is -4.18. The van der Waals surface area contributed by atoms with E-state index in [1.54, 1.807) is 22.6 Å². The molecule has 0 aromatic carbocycles. The first-order valence-electron chi connectivity index (χ1n) is 15.4. The molecule has 5 amide bonds. The van der Waals surface area contributed by atoms with Crippen molar-refractivity contribution in [3.8, 4) is 11.6 Å². The molecule has 46 heavy (non-hydrogen) atoms. The third kappa shape index (κ3) is 6.54. The van der Waals surface area contributed by atoms with E-state index in [9.17, 15) is 24.0 Å². The second-order valence-corrected chi connectivity index (χ2v) is 14.0. The summed E-state index contributed by atoms with van der Waals surface area (Å²) in [6.07, 6.45) is 4.28. The minimum Gasteiger partial charge on any atom is -0.442 e. The maximum absolute atomic E-state index is 14.0. The van der Waals surface area contributed by atoms with Crippen molar-refractivity contribution >= 4 is 52.2 Å². The molecular formula is C30H36N8O6S2. The Morgan fingerprint density at radius 1 is 0.891 bits per heavy atom. The van der Waals surface area contributed by atoms with Crippen LogP contribution in [0.4, 0.5) is 0 Å². The molecule has 2 saturated heterocycles. The molecule has 0 aliphatic carbocycles. The molecule has 244 valence electrons. The smallest absolute Gasteiger partial charge is 0.276 e. The summed E-state index contributed by atoms with van der Waals surface area (Å²) in [4.78, 5) is 83.2. The number of amides is 5. The lowest BCUT2D eigenvalue weighted by Crippen LogP contribution is -2.49. The number of rotatable bonds is 2. The topological polar surface area (TPSA) is 180 Å². The molecule has 2 fully saturated rings. The fourth-order valence-corrected chi connectivity index (χ4v) is 7.85. The van der Waals surface area contributed by atoms with Crippen LogP contribution in [0.3, 0.4) is 0 Å². The van der Waals surface area contributed by atoms with Crippen molar-refractivity contribution in [3.63, 3.8) is 0 Å². The summed E-state index contributed by atoms with van der Waals surface area (Å²) < 4.78 is 5.65. The molecule has 0 unspecified atom stereocenters. The molecule has 6 heterocycles. The number of thiazole rings is 2. The number of carbonyl (C=O) groups is 5. The van der Waals surface area contributed by atoms with E-state index < -0.39 is 41.8 Å². The van der Waals surface area contributed by atoms with Gasteiger partial charge in [0.15, 0.2) is 5.69 Å². The zero-order valence-electron chi connectivity index (χ0n) is 25.8. The predicted octanol–water partition coefficient (Wildman–Crippen LogP) is 2.67. The molecule has 3 aliphatic heterocycles. The lowest BCUT2D eigenvalue weighted by molar-refractivity contribution is -0.134. The van der Waals surface area contributed by atoms with Crippen LogP contribution in [-0.4, -0.2) is 86.0 Å². The number of carbonyl (C=O) groups excluding carboxylic acids is 5. The van der Waals surface area contributed by atoms with Gasteiger partial charge in [-0.1, -0.05) is 13.8 Å². The molecule has 3 aliphatic rings.